The van der Waals surface area contributed by atoms with Crippen LogP contribution in [0.15, 0.2) is 138 Å². The van der Waals surface area contributed by atoms with Gasteiger partial charge in [-0.25, -0.2) is 19.9 Å². The number of aliphatic hydroxyl groups is 1. The van der Waals surface area contributed by atoms with Crippen molar-refractivity contribution in [3.63, 3.8) is 0 Å². The van der Waals surface area contributed by atoms with Gasteiger partial charge in [-0.1, -0.05) is 288 Å². The highest BCUT2D eigenvalue weighted by atomic mass is 32.1. The second kappa shape index (κ2) is 55.3. The summed E-state index contributed by atoms with van der Waals surface area (Å²) in [6.07, 6.45) is 7.71. The molecule has 2 saturated heterocycles. The van der Waals surface area contributed by atoms with E-state index in [2.05, 4.69) is 282 Å². The highest BCUT2D eigenvalue weighted by Crippen LogP contribution is 2.50. The third-order valence-electron chi connectivity index (χ3n) is 25.5. The Kier molecular flexibility index (Phi) is 44.2. The average molecular weight is 2170 g/mol. The number of carbonyl (C=O) groups excluding carboxylic acids is 3. The summed E-state index contributed by atoms with van der Waals surface area (Å²) in [4.78, 5) is 56.8. The fraction of sp³-hybridized carbons (Fsp3) is 0.509. The van der Waals surface area contributed by atoms with Crippen molar-refractivity contribution < 1.29 is 33.7 Å². The maximum Gasteiger partial charge on any atom is 0.373 e. The number of nitriles is 4. The Hall–Kier alpha value is -11.8. The lowest BCUT2D eigenvalue weighted by Crippen LogP contribution is -2.37. The first kappa shape index (κ1) is 119. The van der Waals surface area contributed by atoms with Crippen LogP contribution in [0.25, 0.3) is 45.0 Å². The molecule has 2 aliphatic heterocycles. The van der Waals surface area contributed by atoms with Crippen LogP contribution in [-0.2, 0) is 50.3 Å². The fourth-order valence-corrected chi connectivity index (χ4v) is 23.5. The molecule has 0 aliphatic carbocycles. The van der Waals surface area contributed by atoms with Crippen molar-refractivity contribution in [1.82, 2.24) is 37.4 Å². The fourth-order valence-electron chi connectivity index (χ4n) is 16.0. The van der Waals surface area contributed by atoms with E-state index in [1.807, 2.05) is 90.0 Å². The number of azo groups is 4. The monoisotopic (exact) mass is 2160 g/mol. The molecule has 4 atom stereocenters. The van der Waals surface area contributed by atoms with E-state index < -0.39 is 0 Å². The standard InChI is InChI=1S/C29H36N6O2S2.C27H36N6O2S2.C27H36N6S2.C26H32N6OS2.CO2/c1-7-18(3)19-9-11-20(12-10-19)24-27(33-32-26-22(17-30)25(34-39-26)29(4,5)6)38-28(31-24)35-15-13-21(14-16-35)37-23(36)8-2;1-8-18(2)19-9-11-20(12-10-19)22-25(36-26(29-22)33(13-15-34-6)14-16-35-7)31-30-24-21(17-28)23(32-37-24)27(3,4)5;1-10-18(6)19-11-13-20(14-12-19)22-25(34-26(29-22)33(16(2)3)17(4)5)31-30-24-21(15-28)23(32-35-24)27(7,8)9;1-6-16(2)17-7-9-18(10-8-17)21-24(34-25(28-21)32-13-11-19(33)12-14-32)30-29-23-20(15-27)22(31-35-23)26(3,4)5;2-1-3/h9-12,18,21H,7-8,13-16H2,1-6H3;9-12,18H,8,13-16H2,1-7H3;11-14,16-18H,10H2,1-9H3;7-10,16,19,33H,6,11-14H2,1-5H3;. The quantitative estimate of drug-likeness (QED) is 0.0289. The largest absolute Gasteiger partial charge is 0.462 e. The Bertz CT molecular complexity index is 6690. The summed E-state index contributed by atoms with van der Waals surface area (Å²) < 4.78 is 34.2. The second-order valence-corrected chi connectivity index (χ2v) is 48.1. The molecule has 4 unspecified atom stereocenters. The molecule has 31 nitrogen and oxygen atoms in total. The number of hydrogen-bond acceptors (Lipinski definition) is 39. The van der Waals surface area contributed by atoms with E-state index in [-0.39, 0.29) is 46.0 Å². The van der Waals surface area contributed by atoms with Gasteiger partial charge in [-0.3, -0.25) is 4.79 Å². The molecule has 14 rings (SSSR count). The molecule has 4 aromatic carbocycles. The average Bonchev–Trinajstić information content (AvgIpc) is 1.65. The Balaban J connectivity index is 0.000000201. The summed E-state index contributed by atoms with van der Waals surface area (Å²) in [7, 11) is 3.38. The van der Waals surface area contributed by atoms with Crippen molar-refractivity contribution in [3.05, 3.63) is 164 Å². The van der Waals surface area contributed by atoms with Crippen molar-refractivity contribution in [3.8, 4) is 69.3 Å². The van der Waals surface area contributed by atoms with Gasteiger partial charge in [0.05, 0.1) is 42.1 Å². The van der Waals surface area contributed by atoms with Crippen LogP contribution in [0.4, 0.5) is 60.5 Å². The molecule has 790 valence electrons. The highest BCUT2D eigenvalue weighted by molar-refractivity contribution is 7.21. The van der Waals surface area contributed by atoms with Gasteiger partial charge in [-0.2, -0.15) is 48.1 Å². The summed E-state index contributed by atoms with van der Waals surface area (Å²) in [6.45, 7) is 58.2. The minimum atomic E-state index is -0.257. The lowest BCUT2D eigenvalue weighted by molar-refractivity contribution is -0.191. The molecule has 1 N–H and O–H groups in total. The third-order valence-corrected chi connectivity index (χ3v) is 32.4. The molecule has 10 heterocycles. The van der Waals surface area contributed by atoms with Crippen LogP contribution in [0, 0.1) is 45.3 Å². The number of methoxy groups -OCH3 is 2. The number of carbonyl (C=O) groups is 1. The molecule has 0 bridgehead atoms. The Labute approximate surface area is 910 Å². The lowest BCUT2D eigenvalue weighted by atomic mass is 9.90. The first-order chi connectivity index (χ1) is 71.0. The second-order valence-electron chi connectivity index (χ2n) is 41.3. The van der Waals surface area contributed by atoms with E-state index in [4.69, 9.17) is 43.7 Å². The number of nitrogens with zero attached hydrogens (tertiary/aromatic N) is 24. The molecule has 0 saturated carbocycles. The molecule has 2 aliphatic rings. The van der Waals surface area contributed by atoms with Crippen LogP contribution < -0.4 is 19.6 Å². The van der Waals surface area contributed by atoms with Gasteiger partial charge in [0.25, 0.3) is 0 Å². The summed E-state index contributed by atoms with van der Waals surface area (Å²) in [5, 5.41) is 93.8. The van der Waals surface area contributed by atoms with E-state index >= 15 is 0 Å². The number of hydrogen-bond donors (Lipinski definition) is 1. The molecule has 39 heteroatoms. The van der Waals surface area contributed by atoms with E-state index in [0.29, 0.717) is 126 Å². The first-order valence-electron chi connectivity index (χ1n) is 50.6. The Morgan fingerprint density at radius 1 is 0.403 bits per heavy atom. The van der Waals surface area contributed by atoms with E-state index in [0.717, 1.165) is 171 Å². The van der Waals surface area contributed by atoms with Crippen LogP contribution in [-0.4, -0.2) is 146 Å². The van der Waals surface area contributed by atoms with E-state index in [9.17, 15) is 30.9 Å². The number of thiazole rings is 4. The lowest BCUT2D eigenvalue weighted by Gasteiger charge is -2.31. The normalized spacial score (nSPS) is 14.1. The molecule has 0 amide bonds. The van der Waals surface area contributed by atoms with Gasteiger partial charge in [0.2, 0.25) is 0 Å². The van der Waals surface area contributed by atoms with Crippen molar-refractivity contribution in [1.29, 1.82) is 21.0 Å². The molecule has 12 aromatic rings. The molecule has 8 aromatic heterocycles. The van der Waals surface area contributed by atoms with E-state index in [1.54, 1.807) is 14.2 Å². The smallest absolute Gasteiger partial charge is 0.373 e. The Morgan fingerprint density at radius 2 is 0.658 bits per heavy atom. The van der Waals surface area contributed by atoms with Crippen LogP contribution in [0.1, 0.15) is 322 Å². The van der Waals surface area contributed by atoms with Crippen LogP contribution in [0.2, 0.25) is 0 Å². The molecular formula is C110H140N24O7S8. The third kappa shape index (κ3) is 31.7. The maximum absolute atomic E-state index is 11.7. The van der Waals surface area contributed by atoms with Gasteiger partial charge in [0.1, 0.15) is 75.4 Å². The minimum absolute atomic E-state index is 0.0480. The molecule has 149 heavy (non-hydrogen) atoms. The number of rotatable bonds is 34. The number of benzene rings is 4. The zero-order chi connectivity index (χ0) is 109. The summed E-state index contributed by atoms with van der Waals surface area (Å²) >= 11 is 10.8. The summed E-state index contributed by atoms with van der Waals surface area (Å²) in [5.74, 6) is 1.84. The zero-order valence-corrected chi connectivity index (χ0v) is 97.3. The predicted octanol–water partition coefficient (Wildman–Crippen LogP) is 31.5. The summed E-state index contributed by atoms with van der Waals surface area (Å²) in [5.41, 5.74) is 16.3. The van der Waals surface area contributed by atoms with Crippen molar-refractivity contribution in [2.24, 2.45) is 40.9 Å². The zero-order valence-electron chi connectivity index (χ0n) is 90.8. The Morgan fingerprint density at radius 3 is 0.913 bits per heavy atom. The van der Waals surface area contributed by atoms with E-state index in [1.165, 1.54) is 114 Å². The van der Waals surface area contributed by atoms with Crippen LogP contribution in [0.3, 0.4) is 0 Å². The first-order valence-corrected chi connectivity index (χ1v) is 56.9. The van der Waals surface area contributed by atoms with Gasteiger partial charge in [-0.15, -0.1) is 40.9 Å². The van der Waals surface area contributed by atoms with Crippen LogP contribution in [0.5, 0.6) is 0 Å². The van der Waals surface area contributed by atoms with Crippen molar-refractivity contribution in [2.75, 3.05) is 86.3 Å². The van der Waals surface area contributed by atoms with Gasteiger partial charge >= 0.3 is 12.1 Å². The van der Waals surface area contributed by atoms with Gasteiger partial charge in [0, 0.05) is 129 Å². The number of piperidine rings is 2. The number of ether oxygens (including phenoxy) is 3. The number of anilines is 4. The number of aliphatic hydroxyl groups excluding tert-OH is 1. The number of aromatic nitrogens is 8. The van der Waals surface area contributed by atoms with Gasteiger partial charge < -0.3 is 38.9 Å². The highest BCUT2D eigenvalue weighted by Gasteiger charge is 2.34. The summed E-state index contributed by atoms with van der Waals surface area (Å²) in [6, 6.07) is 43.8. The molecule has 0 radical (unpaired) electrons. The van der Waals surface area contributed by atoms with Crippen LogP contribution >= 0.6 is 91.5 Å². The minimum Gasteiger partial charge on any atom is -0.462 e. The maximum atomic E-state index is 11.7. The molecular weight excluding hydrogens is 2030 g/mol. The molecule has 0 spiro atoms. The topological polar surface area (TPSA) is 409 Å². The van der Waals surface area contributed by atoms with Gasteiger partial charge in [0.15, 0.2) is 60.5 Å². The molecule has 2 fully saturated rings. The van der Waals surface area contributed by atoms with Gasteiger partial charge in [-0.05, 0) is 158 Å². The predicted molar refractivity (Wildman–Crippen MR) is 607 cm³/mol. The van der Waals surface area contributed by atoms with Crippen molar-refractivity contribution in [2.45, 2.75) is 301 Å². The SMILES string of the molecule is CCC(=O)OC1CCN(c2nc(-c3ccc(C(C)CC)cc3)c(N=Nc3snc(C(C)(C)C)c3C#N)s2)CC1.CCC(C)c1ccc(-c2nc(N(C(C)C)C(C)C)sc2N=Nc2snc(C(C)(C)C)c2C#N)cc1.CCC(C)c1ccc(-c2nc(N(CCOC)CCOC)sc2N=Nc2snc(C(C)(C)C)c2C#N)cc1.CCC(C)c1ccc(-c2nc(N3CCC(O)CC3)sc2N=Nc2snc(C(C)(C)C)c2C#N)cc1.O=C=O. The van der Waals surface area contributed by atoms with Crippen molar-refractivity contribution >= 4 is 164 Å². The number of esters is 1.